The van der Waals surface area contributed by atoms with Crippen LogP contribution in [0.3, 0.4) is 0 Å². The van der Waals surface area contributed by atoms with Crippen LogP contribution in [0, 0.1) is 11.3 Å². The summed E-state index contributed by atoms with van der Waals surface area (Å²) in [6.07, 6.45) is 0.0887. The number of hydrogen-bond donors (Lipinski definition) is 1. The minimum Gasteiger partial charge on any atom is -0.365 e. The Hall–Kier alpha value is -0.453. The van der Waals surface area contributed by atoms with Gasteiger partial charge in [0.1, 0.15) is 26.0 Å². The van der Waals surface area contributed by atoms with Gasteiger partial charge in [-0.25, -0.2) is 0 Å². The maximum absolute atomic E-state index is 9.55. The quantitative estimate of drug-likeness (QED) is 0.804. The van der Waals surface area contributed by atoms with Crippen molar-refractivity contribution in [1.29, 1.82) is 5.26 Å². The summed E-state index contributed by atoms with van der Waals surface area (Å²) in [5, 5.41) is 13.1. The molecule has 0 amide bonds. The highest BCUT2D eigenvalue weighted by atomic mass is 28.3. The number of nitriles is 1. The average molecular weight is 327 g/mol. The van der Waals surface area contributed by atoms with Crippen LogP contribution in [-0.4, -0.2) is 51.0 Å². The summed E-state index contributed by atoms with van der Waals surface area (Å²) in [7, 11) is -1.85. The summed E-state index contributed by atoms with van der Waals surface area (Å²) in [6.45, 7) is 16.2. The monoisotopic (exact) mass is 326 g/mol. The van der Waals surface area contributed by atoms with Crippen molar-refractivity contribution < 1.29 is 14.2 Å². The van der Waals surface area contributed by atoms with Crippen LogP contribution in [0.15, 0.2) is 0 Å². The van der Waals surface area contributed by atoms with Crippen molar-refractivity contribution in [1.82, 2.24) is 5.32 Å². The fraction of sp³-hybridized carbons (Fsp3) is 0.938. The second kappa shape index (κ2) is 5.88. The zero-order valence-corrected chi connectivity index (χ0v) is 15.9. The van der Waals surface area contributed by atoms with Crippen LogP contribution in [0.2, 0.25) is 18.1 Å². The van der Waals surface area contributed by atoms with Gasteiger partial charge in [0.15, 0.2) is 5.79 Å². The van der Waals surface area contributed by atoms with Crippen LogP contribution in [0.25, 0.3) is 0 Å². The van der Waals surface area contributed by atoms with Crippen LogP contribution in [-0.2, 0) is 14.2 Å². The molecule has 0 radical (unpaired) electrons. The van der Waals surface area contributed by atoms with Crippen LogP contribution in [0.1, 0.15) is 34.6 Å². The highest BCUT2D eigenvalue weighted by Gasteiger charge is 2.50. The van der Waals surface area contributed by atoms with Crippen LogP contribution in [0.5, 0.6) is 0 Å². The van der Waals surface area contributed by atoms with E-state index in [4.69, 9.17) is 14.2 Å². The highest BCUT2D eigenvalue weighted by molar-refractivity contribution is 6.82. The Morgan fingerprint density at radius 1 is 1.36 bits per heavy atom. The van der Waals surface area contributed by atoms with Crippen molar-refractivity contribution in [2.45, 2.75) is 82.5 Å². The maximum Gasteiger partial charge on any atom is 0.163 e. The molecule has 2 fully saturated rings. The molecule has 6 heteroatoms. The fourth-order valence-electron chi connectivity index (χ4n) is 2.90. The predicted molar refractivity (Wildman–Crippen MR) is 88.2 cm³/mol. The van der Waals surface area contributed by atoms with Crippen LogP contribution < -0.4 is 5.32 Å². The fourth-order valence-corrected chi connectivity index (χ4v) is 4.52. The summed E-state index contributed by atoms with van der Waals surface area (Å²) in [5.41, 5.74) is -0.316. The molecule has 0 spiro atoms. The third kappa shape index (κ3) is 3.39. The molecular formula is C16H30N2O3Si. The Kier molecular flexibility index (Phi) is 4.78. The van der Waals surface area contributed by atoms with Crippen molar-refractivity contribution in [3.8, 4) is 6.07 Å². The highest BCUT2D eigenvalue weighted by Crippen LogP contribution is 2.39. The van der Waals surface area contributed by atoms with Gasteiger partial charge >= 0.3 is 0 Å². The van der Waals surface area contributed by atoms with E-state index in [1.165, 1.54) is 0 Å². The van der Waals surface area contributed by atoms with Crippen molar-refractivity contribution in [3.05, 3.63) is 0 Å². The second-order valence-electron chi connectivity index (χ2n) is 8.47. The molecule has 2 rings (SSSR count). The largest absolute Gasteiger partial charge is 0.365 e. The van der Waals surface area contributed by atoms with Crippen molar-refractivity contribution in [2.24, 2.45) is 0 Å². The van der Waals surface area contributed by atoms with Crippen molar-refractivity contribution in [2.75, 3.05) is 13.2 Å². The smallest absolute Gasteiger partial charge is 0.163 e. The Labute approximate surface area is 135 Å². The number of nitrogens with one attached hydrogen (secondary N) is 1. The van der Waals surface area contributed by atoms with Crippen LogP contribution in [0.4, 0.5) is 0 Å². The lowest BCUT2D eigenvalue weighted by Gasteiger charge is -2.40. The van der Waals surface area contributed by atoms with Gasteiger partial charge in [-0.05, 0) is 18.9 Å². The lowest BCUT2D eigenvalue weighted by molar-refractivity contribution is -0.154. The summed E-state index contributed by atoms with van der Waals surface area (Å²) in [6, 6.07) is 2.48. The second-order valence-corrected chi connectivity index (χ2v) is 13.9. The van der Waals surface area contributed by atoms with Crippen molar-refractivity contribution in [3.63, 3.8) is 0 Å². The van der Waals surface area contributed by atoms with E-state index in [0.29, 0.717) is 6.61 Å². The minimum absolute atomic E-state index is 0.00811. The molecule has 0 unspecified atom stereocenters. The van der Waals surface area contributed by atoms with E-state index >= 15 is 0 Å². The Bertz CT molecular complexity index is 453. The summed E-state index contributed by atoms with van der Waals surface area (Å²) in [5.74, 6) is -0.524. The topological polar surface area (TPSA) is 63.5 Å². The van der Waals surface area contributed by atoms with Gasteiger partial charge in [-0.15, -0.1) is 0 Å². The SMILES string of the molecule is CC1(C)O[C@H]2[C@H](CN[C@@H]2CO[C@H](C#N)[Si](C)(C)C(C)(C)C)O1. The molecule has 1 N–H and O–H groups in total. The van der Waals surface area contributed by atoms with Gasteiger partial charge in [-0.1, -0.05) is 33.9 Å². The molecule has 0 aromatic heterocycles. The Morgan fingerprint density at radius 2 is 2.00 bits per heavy atom. The molecule has 22 heavy (non-hydrogen) atoms. The van der Waals surface area contributed by atoms with E-state index in [-0.39, 0.29) is 29.0 Å². The molecule has 0 bridgehead atoms. The van der Waals surface area contributed by atoms with E-state index < -0.39 is 13.9 Å². The van der Waals surface area contributed by atoms with E-state index in [9.17, 15) is 5.26 Å². The first-order valence-corrected chi connectivity index (χ1v) is 11.2. The van der Waals surface area contributed by atoms with Gasteiger partial charge in [-0.2, -0.15) is 5.26 Å². The third-order valence-corrected chi connectivity index (χ3v) is 10.8. The number of nitrogens with zero attached hydrogens (tertiary/aromatic N) is 1. The Balaban J connectivity index is 1.97. The molecular weight excluding hydrogens is 296 g/mol. The number of ether oxygens (including phenoxy) is 3. The van der Waals surface area contributed by atoms with Gasteiger partial charge in [0.25, 0.3) is 0 Å². The standard InChI is InChI=1S/C16H30N2O3Si/c1-15(2,3)22(6,7)13(8-17)19-10-11-14-12(9-18-11)20-16(4,5)21-14/h11-14,18H,9-10H2,1-7H3/t11-,12+,13+,14-/m1/s1. The number of rotatable bonds is 4. The van der Waals surface area contributed by atoms with Gasteiger partial charge in [0.05, 0.1) is 18.7 Å². The molecule has 0 aromatic rings. The first-order chi connectivity index (χ1) is 9.98. The maximum atomic E-state index is 9.55. The summed E-state index contributed by atoms with van der Waals surface area (Å²) < 4.78 is 17.9. The summed E-state index contributed by atoms with van der Waals surface area (Å²) >= 11 is 0. The summed E-state index contributed by atoms with van der Waals surface area (Å²) in [4.78, 5) is 0. The molecule has 0 aromatic carbocycles. The molecule has 2 heterocycles. The van der Waals surface area contributed by atoms with E-state index in [0.717, 1.165) is 6.54 Å². The van der Waals surface area contributed by atoms with E-state index in [1.807, 2.05) is 13.8 Å². The predicted octanol–water partition coefficient (Wildman–Crippen LogP) is 2.43. The lowest BCUT2D eigenvalue weighted by atomic mass is 10.1. The molecule has 5 nitrogen and oxygen atoms in total. The zero-order valence-electron chi connectivity index (χ0n) is 14.9. The third-order valence-electron chi connectivity index (χ3n) is 5.35. The normalized spacial score (nSPS) is 32.5. The molecule has 0 saturated carbocycles. The number of fused-ring (bicyclic) bond motifs is 1. The van der Waals surface area contributed by atoms with Gasteiger partial charge in [0, 0.05) is 6.54 Å². The lowest BCUT2D eigenvalue weighted by Crippen LogP contribution is -2.51. The molecule has 0 aliphatic carbocycles. The zero-order chi connectivity index (χ0) is 16.8. The minimum atomic E-state index is -1.85. The van der Waals surface area contributed by atoms with Gasteiger partial charge < -0.3 is 19.5 Å². The number of hydrogen-bond acceptors (Lipinski definition) is 5. The Morgan fingerprint density at radius 3 is 2.55 bits per heavy atom. The molecule has 2 saturated heterocycles. The van der Waals surface area contributed by atoms with Crippen molar-refractivity contribution >= 4 is 8.07 Å². The van der Waals surface area contributed by atoms with E-state index in [1.54, 1.807) is 0 Å². The first kappa shape index (κ1) is 17.9. The van der Waals surface area contributed by atoms with Gasteiger partial charge in [0.2, 0.25) is 0 Å². The molecule has 4 atom stereocenters. The average Bonchev–Trinajstić information content (AvgIpc) is 2.84. The molecule has 2 aliphatic rings. The van der Waals surface area contributed by atoms with Crippen LogP contribution >= 0.6 is 0 Å². The first-order valence-electron chi connectivity index (χ1n) is 8.08. The molecule has 2 aliphatic heterocycles. The van der Waals surface area contributed by atoms with Gasteiger partial charge in [-0.3, -0.25) is 0 Å². The van der Waals surface area contributed by atoms with E-state index in [2.05, 4.69) is 45.3 Å². The molecule has 126 valence electrons.